The van der Waals surface area contributed by atoms with E-state index in [1.54, 1.807) is 11.3 Å². The third-order valence-electron chi connectivity index (χ3n) is 3.04. The summed E-state index contributed by atoms with van der Waals surface area (Å²) in [5.41, 5.74) is 1.33. The van der Waals surface area contributed by atoms with Gasteiger partial charge in [-0.25, -0.2) is 4.98 Å². The van der Waals surface area contributed by atoms with Crippen LogP contribution in [0.2, 0.25) is 0 Å². The molecule has 1 N–H and O–H groups in total. The lowest BCUT2D eigenvalue weighted by Crippen LogP contribution is -2.23. The highest BCUT2D eigenvalue weighted by atomic mass is 32.1. The Labute approximate surface area is 113 Å². The van der Waals surface area contributed by atoms with Gasteiger partial charge in [0.2, 0.25) is 0 Å². The van der Waals surface area contributed by atoms with Gasteiger partial charge in [0.15, 0.2) is 0 Å². The molecular weight excluding hydrogens is 240 g/mol. The van der Waals surface area contributed by atoms with Gasteiger partial charge in [-0.15, -0.1) is 11.3 Å². The average molecular weight is 260 g/mol. The molecule has 0 aliphatic rings. The van der Waals surface area contributed by atoms with Gasteiger partial charge in [-0.05, 0) is 18.9 Å². The fourth-order valence-electron chi connectivity index (χ4n) is 1.70. The van der Waals surface area contributed by atoms with Crippen molar-refractivity contribution in [2.24, 2.45) is 0 Å². The fraction of sp³-hybridized carbons (Fsp3) is 0.400. The van der Waals surface area contributed by atoms with Gasteiger partial charge in [-0.3, -0.25) is 0 Å². The summed E-state index contributed by atoms with van der Waals surface area (Å²) in [6, 6.07) is 11.1. The summed E-state index contributed by atoms with van der Waals surface area (Å²) in [6.45, 7) is 5.35. The molecule has 0 aliphatic carbocycles. The van der Waals surface area contributed by atoms with Gasteiger partial charge in [-0.2, -0.15) is 0 Å². The first-order valence-corrected chi connectivity index (χ1v) is 7.30. The summed E-state index contributed by atoms with van der Waals surface area (Å²) in [5, 5.41) is 4.69. The Morgan fingerprint density at radius 1 is 1.28 bits per heavy atom. The highest BCUT2D eigenvalue weighted by Gasteiger charge is 2.04. The summed E-state index contributed by atoms with van der Waals surface area (Å²) in [5.74, 6) is 0. The molecule has 1 aromatic carbocycles. The van der Waals surface area contributed by atoms with Gasteiger partial charge < -0.3 is 5.32 Å². The highest BCUT2D eigenvalue weighted by Crippen LogP contribution is 2.16. The zero-order chi connectivity index (χ0) is 12.8. The molecule has 18 heavy (non-hydrogen) atoms. The third kappa shape index (κ3) is 3.93. The predicted molar refractivity (Wildman–Crippen MR) is 78.0 cm³/mol. The van der Waals surface area contributed by atoms with E-state index in [1.165, 1.54) is 15.4 Å². The topological polar surface area (TPSA) is 24.9 Å². The Morgan fingerprint density at radius 2 is 2.06 bits per heavy atom. The normalized spacial score (nSPS) is 12.6. The maximum absolute atomic E-state index is 4.49. The van der Waals surface area contributed by atoms with E-state index in [9.17, 15) is 0 Å². The minimum Gasteiger partial charge on any atom is -0.309 e. The molecule has 0 aliphatic heterocycles. The van der Waals surface area contributed by atoms with E-state index in [-0.39, 0.29) is 0 Å². The molecule has 0 saturated carbocycles. The van der Waals surface area contributed by atoms with Crippen molar-refractivity contribution in [3.05, 3.63) is 52.0 Å². The Morgan fingerprint density at radius 3 is 2.78 bits per heavy atom. The van der Waals surface area contributed by atoms with E-state index in [0.717, 1.165) is 19.4 Å². The lowest BCUT2D eigenvalue weighted by atomic mass is 10.2. The zero-order valence-electron chi connectivity index (χ0n) is 11.0. The van der Waals surface area contributed by atoms with Crippen LogP contribution in [-0.2, 0) is 13.0 Å². The molecule has 0 amide bonds. The summed E-state index contributed by atoms with van der Waals surface area (Å²) in [7, 11) is 0. The summed E-state index contributed by atoms with van der Waals surface area (Å²) >= 11 is 1.81. The average Bonchev–Trinajstić information content (AvgIpc) is 2.85. The summed E-state index contributed by atoms with van der Waals surface area (Å²) in [4.78, 5) is 5.81. The quantitative estimate of drug-likeness (QED) is 0.858. The molecule has 3 heteroatoms. The predicted octanol–water partition coefficient (Wildman–Crippen LogP) is 3.62. The van der Waals surface area contributed by atoms with E-state index < -0.39 is 0 Å². The van der Waals surface area contributed by atoms with Crippen LogP contribution in [0.15, 0.2) is 36.5 Å². The first kappa shape index (κ1) is 13.2. The van der Waals surface area contributed by atoms with Crippen LogP contribution in [0.25, 0.3) is 0 Å². The molecule has 2 aromatic rings. The van der Waals surface area contributed by atoms with Crippen LogP contribution in [-0.4, -0.2) is 11.0 Å². The van der Waals surface area contributed by atoms with Crippen molar-refractivity contribution in [2.75, 3.05) is 0 Å². The maximum atomic E-state index is 4.49. The Kier molecular flexibility index (Phi) is 4.90. The number of hydrogen-bond acceptors (Lipinski definition) is 3. The minimum atomic E-state index is 0.574. The van der Waals surface area contributed by atoms with Crippen LogP contribution < -0.4 is 5.32 Å². The smallest absolute Gasteiger partial charge is 0.0971 e. The van der Waals surface area contributed by atoms with Gasteiger partial charge in [0.05, 0.1) is 5.01 Å². The molecule has 96 valence electrons. The van der Waals surface area contributed by atoms with Crippen molar-refractivity contribution in [1.29, 1.82) is 0 Å². The second kappa shape index (κ2) is 6.66. The number of nitrogens with one attached hydrogen (secondary N) is 1. The Hall–Kier alpha value is -1.19. The Bertz CT molecular complexity index is 464. The van der Waals surface area contributed by atoms with Crippen LogP contribution in [0.3, 0.4) is 0 Å². The molecule has 0 bridgehead atoms. The maximum Gasteiger partial charge on any atom is 0.0971 e. The second-order valence-corrected chi connectivity index (χ2v) is 5.77. The van der Waals surface area contributed by atoms with E-state index >= 15 is 0 Å². The third-order valence-corrected chi connectivity index (χ3v) is 4.03. The van der Waals surface area contributed by atoms with E-state index in [0.29, 0.717) is 6.04 Å². The van der Waals surface area contributed by atoms with Gasteiger partial charge in [-0.1, -0.05) is 37.3 Å². The molecule has 0 saturated heterocycles. The van der Waals surface area contributed by atoms with Crippen LogP contribution in [0.1, 0.15) is 35.7 Å². The van der Waals surface area contributed by atoms with Gasteiger partial charge >= 0.3 is 0 Å². The van der Waals surface area contributed by atoms with Gasteiger partial charge in [0.25, 0.3) is 0 Å². The largest absolute Gasteiger partial charge is 0.309 e. The molecule has 1 heterocycles. The number of aromatic nitrogens is 1. The summed E-state index contributed by atoms with van der Waals surface area (Å²) in [6.07, 6.45) is 4.10. The molecule has 1 atom stereocenters. The first-order chi connectivity index (χ1) is 8.78. The fourth-order valence-corrected chi connectivity index (χ4v) is 2.61. The van der Waals surface area contributed by atoms with Crippen molar-refractivity contribution >= 4 is 11.3 Å². The second-order valence-electron chi connectivity index (χ2n) is 4.57. The zero-order valence-corrected chi connectivity index (χ0v) is 11.8. The van der Waals surface area contributed by atoms with Crippen LogP contribution >= 0.6 is 11.3 Å². The van der Waals surface area contributed by atoms with Crippen molar-refractivity contribution in [3.8, 4) is 0 Å². The number of rotatable bonds is 6. The summed E-state index contributed by atoms with van der Waals surface area (Å²) < 4.78 is 0. The Balaban J connectivity index is 1.90. The molecule has 1 aromatic heterocycles. The number of thiazole rings is 1. The highest BCUT2D eigenvalue weighted by molar-refractivity contribution is 7.11. The minimum absolute atomic E-state index is 0.574. The lowest BCUT2D eigenvalue weighted by Gasteiger charge is -2.08. The molecule has 2 nitrogen and oxygen atoms in total. The van der Waals surface area contributed by atoms with Crippen molar-refractivity contribution in [1.82, 2.24) is 10.3 Å². The standard InChI is InChI=1S/C15H20N2S/c1-3-12(2)16-10-14-11-17-15(18-14)9-13-7-5-4-6-8-13/h4-8,11-12,16H,3,9-10H2,1-2H3. The van der Waals surface area contributed by atoms with Crippen LogP contribution in [0, 0.1) is 0 Å². The molecule has 0 fully saturated rings. The van der Waals surface area contributed by atoms with Crippen molar-refractivity contribution < 1.29 is 0 Å². The van der Waals surface area contributed by atoms with Crippen LogP contribution in [0.5, 0.6) is 0 Å². The SMILES string of the molecule is CCC(C)NCc1cnc(Cc2ccccc2)s1. The molecule has 0 radical (unpaired) electrons. The van der Waals surface area contributed by atoms with E-state index in [4.69, 9.17) is 0 Å². The first-order valence-electron chi connectivity index (χ1n) is 6.49. The van der Waals surface area contributed by atoms with E-state index in [1.807, 2.05) is 12.3 Å². The molecule has 1 unspecified atom stereocenters. The number of nitrogens with zero attached hydrogens (tertiary/aromatic N) is 1. The van der Waals surface area contributed by atoms with Gasteiger partial charge in [0, 0.05) is 30.1 Å². The lowest BCUT2D eigenvalue weighted by molar-refractivity contribution is 0.537. The monoisotopic (exact) mass is 260 g/mol. The van der Waals surface area contributed by atoms with Crippen molar-refractivity contribution in [2.45, 2.75) is 39.3 Å². The van der Waals surface area contributed by atoms with E-state index in [2.05, 4.69) is 48.4 Å². The van der Waals surface area contributed by atoms with Crippen molar-refractivity contribution in [3.63, 3.8) is 0 Å². The molecule has 0 spiro atoms. The molecular formula is C15H20N2S. The van der Waals surface area contributed by atoms with Crippen LogP contribution in [0.4, 0.5) is 0 Å². The van der Waals surface area contributed by atoms with Gasteiger partial charge in [0.1, 0.15) is 0 Å². The number of benzene rings is 1. The number of hydrogen-bond donors (Lipinski definition) is 1. The molecule has 2 rings (SSSR count).